The number of rotatable bonds is 6. The van der Waals surface area contributed by atoms with E-state index < -0.39 is 0 Å². The van der Waals surface area contributed by atoms with Crippen molar-refractivity contribution in [2.75, 3.05) is 13.1 Å². The Kier molecular flexibility index (Phi) is 6.36. The van der Waals surface area contributed by atoms with Crippen LogP contribution in [0.5, 0.6) is 0 Å². The van der Waals surface area contributed by atoms with Gasteiger partial charge in [-0.15, -0.1) is 0 Å². The first kappa shape index (κ1) is 18.1. The largest absolute Gasteiger partial charge is 0.353 e. The molecule has 5 nitrogen and oxygen atoms in total. The quantitative estimate of drug-likeness (QED) is 0.870. The number of piperidine rings is 1. The molecule has 1 fully saturated rings. The zero-order valence-electron chi connectivity index (χ0n) is 14.9. The van der Waals surface area contributed by atoms with E-state index in [2.05, 4.69) is 22.4 Å². The molecule has 1 saturated heterocycles. The van der Waals surface area contributed by atoms with Crippen molar-refractivity contribution in [2.45, 2.75) is 38.1 Å². The van der Waals surface area contributed by atoms with Gasteiger partial charge < -0.3 is 10.2 Å². The van der Waals surface area contributed by atoms with Crippen molar-refractivity contribution in [3.8, 4) is 0 Å². The first-order valence-corrected chi connectivity index (χ1v) is 9.25. The van der Waals surface area contributed by atoms with Crippen LogP contribution >= 0.6 is 0 Å². The van der Waals surface area contributed by atoms with Crippen LogP contribution in [0.1, 0.15) is 41.6 Å². The Morgan fingerprint density at radius 1 is 1.04 bits per heavy atom. The van der Waals surface area contributed by atoms with Crippen molar-refractivity contribution >= 4 is 11.8 Å². The molecule has 0 unspecified atom stereocenters. The van der Waals surface area contributed by atoms with Crippen molar-refractivity contribution in [1.29, 1.82) is 0 Å². The van der Waals surface area contributed by atoms with Crippen molar-refractivity contribution in [2.24, 2.45) is 0 Å². The number of hydrogen-bond acceptors (Lipinski definition) is 3. The van der Waals surface area contributed by atoms with Gasteiger partial charge in [-0.05, 0) is 43.4 Å². The minimum absolute atomic E-state index is 0.0417. The Balaban J connectivity index is 1.37. The van der Waals surface area contributed by atoms with Crippen molar-refractivity contribution in [3.05, 3.63) is 66.0 Å². The molecule has 0 atom stereocenters. The highest BCUT2D eigenvalue weighted by Gasteiger charge is 2.24. The number of hydrogen-bond donors (Lipinski definition) is 1. The van der Waals surface area contributed by atoms with Gasteiger partial charge in [0.05, 0.1) is 0 Å². The number of carbonyl (C=O) groups excluding carboxylic acids is 2. The molecule has 1 aromatic carbocycles. The molecule has 0 spiro atoms. The lowest BCUT2D eigenvalue weighted by atomic mass is 10.0. The maximum absolute atomic E-state index is 12.4. The molecule has 0 saturated carbocycles. The smallest absolute Gasteiger partial charge is 0.253 e. The van der Waals surface area contributed by atoms with Crippen LogP contribution in [0.4, 0.5) is 0 Å². The summed E-state index contributed by atoms with van der Waals surface area (Å²) in [6.07, 6.45) is 7.21. The number of amides is 2. The summed E-state index contributed by atoms with van der Waals surface area (Å²) in [5.74, 6) is 0.153. The van der Waals surface area contributed by atoms with Gasteiger partial charge in [-0.1, -0.05) is 30.3 Å². The summed E-state index contributed by atoms with van der Waals surface area (Å²) < 4.78 is 0. The van der Waals surface area contributed by atoms with Crippen LogP contribution in [0, 0.1) is 0 Å². The second kappa shape index (κ2) is 9.13. The van der Waals surface area contributed by atoms with E-state index >= 15 is 0 Å². The zero-order chi connectivity index (χ0) is 18.2. The fourth-order valence-electron chi connectivity index (χ4n) is 3.30. The van der Waals surface area contributed by atoms with Crippen molar-refractivity contribution < 1.29 is 9.59 Å². The number of nitrogens with zero attached hydrogens (tertiary/aromatic N) is 2. The summed E-state index contributed by atoms with van der Waals surface area (Å²) >= 11 is 0. The molecule has 1 N–H and O–H groups in total. The van der Waals surface area contributed by atoms with E-state index in [0.29, 0.717) is 25.1 Å². The molecule has 2 aromatic rings. The second-order valence-corrected chi connectivity index (χ2v) is 6.71. The first-order valence-electron chi connectivity index (χ1n) is 9.25. The Bertz CT molecular complexity index is 711. The molecule has 26 heavy (non-hydrogen) atoms. The molecule has 0 bridgehead atoms. The maximum Gasteiger partial charge on any atom is 0.253 e. The highest BCUT2D eigenvalue weighted by atomic mass is 16.2. The van der Waals surface area contributed by atoms with Crippen LogP contribution in [0.3, 0.4) is 0 Å². The third-order valence-electron chi connectivity index (χ3n) is 4.79. The average Bonchev–Trinajstić information content (AvgIpc) is 2.69. The molecular formula is C21H25N3O2. The van der Waals surface area contributed by atoms with Crippen LogP contribution in [-0.2, 0) is 11.2 Å². The monoisotopic (exact) mass is 351 g/mol. The predicted octanol–water partition coefficient (Wildman–Crippen LogP) is 2.83. The van der Waals surface area contributed by atoms with Crippen molar-refractivity contribution in [3.63, 3.8) is 0 Å². The molecule has 136 valence electrons. The fraction of sp³-hybridized carbons (Fsp3) is 0.381. The van der Waals surface area contributed by atoms with Gasteiger partial charge >= 0.3 is 0 Å². The van der Waals surface area contributed by atoms with Crippen LogP contribution < -0.4 is 5.32 Å². The van der Waals surface area contributed by atoms with Gasteiger partial charge in [-0.3, -0.25) is 14.6 Å². The number of aromatic nitrogens is 1. The van der Waals surface area contributed by atoms with Gasteiger partial charge in [0.15, 0.2) is 0 Å². The summed E-state index contributed by atoms with van der Waals surface area (Å²) in [5, 5.41) is 3.12. The van der Waals surface area contributed by atoms with Gasteiger partial charge in [0.2, 0.25) is 5.91 Å². The average molecular weight is 351 g/mol. The first-order chi connectivity index (χ1) is 12.7. The van der Waals surface area contributed by atoms with Crippen LogP contribution in [0.2, 0.25) is 0 Å². The third kappa shape index (κ3) is 5.15. The Hall–Kier alpha value is -2.69. The molecule has 2 amide bonds. The summed E-state index contributed by atoms with van der Waals surface area (Å²) in [7, 11) is 0. The summed E-state index contributed by atoms with van der Waals surface area (Å²) in [4.78, 5) is 30.4. The second-order valence-electron chi connectivity index (χ2n) is 6.71. The topological polar surface area (TPSA) is 62.3 Å². The van der Waals surface area contributed by atoms with Crippen LogP contribution in [0.25, 0.3) is 0 Å². The number of likely N-dealkylation sites (tertiary alicyclic amines) is 1. The van der Waals surface area contributed by atoms with E-state index in [-0.39, 0.29) is 17.9 Å². The van der Waals surface area contributed by atoms with Gasteiger partial charge in [-0.2, -0.15) is 0 Å². The van der Waals surface area contributed by atoms with Crippen molar-refractivity contribution in [1.82, 2.24) is 15.2 Å². The van der Waals surface area contributed by atoms with Gasteiger partial charge in [0, 0.05) is 43.5 Å². The Labute approximate surface area is 154 Å². The van der Waals surface area contributed by atoms with Gasteiger partial charge in [-0.25, -0.2) is 0 Å². The molecule has 1 aromatic heterocycles. The number of carbonyl (C=O) groups is 2. The highest BCUT2D eigenvalue weighted by molar-refractivity contribution is 5.94. The zero-order valence-corrected chi connectivity index (χ0v) is 14.9. The van der Waals surface area contributed by atoms with E-state index in [1.54, 1.807) is 24.5 Å². The van der Waals surface area contributed by atoms with Gasteiger partial charge in [0.1, 0.15) is 0 Å². The minimum Gasteiger partial charge on any atom is -0.353 e. The standard InChI is InChI=1S/C21H25N3O2/c25-20(8-4-7-17-5-2-1-3-6-17)23-19-11-15-24(16-12-19)21(26)18-9-13-22-14-10-18/h1-3,5-6,9-10,13-14,19H,4,7-8,11-12,15-16H2,(H,23,25). The molecule has 1 aliphatic rings. The lowest BCUT2D eigenvalue weighted by molar-refractivity contribution is -0.122. The minimum atomic E-state index is 0.0417. The van der Waals surface area contributed by atoms with E-state index in [9.17, 15) is 9.59 Å². The lowest BCUT2D eigenvalue weighted by Gasteiger charge is -2.32. The maximum atomic E-state index is 12.4. The molecular weight excluding hydrogens is 326 g/mol. The van der Waals surface area contributed by atoms with E-state index in [1.807, 2.05) is 23.1 Å². The summed E-state index contributed by atoms with van der Waals surface area (Å²) in [6.45, 7) is 1.35. The highest BCUT2D eigenvalue weighted by Crippen LogP contribution is 2.14. The SMILES string of the molecule is O=C(CCCc1ccccc1)NC1CCN(C(=O)c2ccncc2)CC1. The van der Waals surface area contributed by atoms with Crippen LogP contribution in [-0.4, -0.2) is 40.8 Å². The Morgan fingerprint density at radius 3 is 2.42 bits per heavy atom. The number of pyridine rings is 1. The molecule has 0 aliphatic carbocycles. The summed E-state index contributed by atoms with van der Waals surface area (Å²) in [6, 6.07) is 13.9. The normalized spacial score (nSPS) is 14.8. The van der Waals surface area contributed by atoms with E-state index in [4.69, 9.17) is 0 Å². The fourth-order valence-corrected chi connectivity index (χ4v) is 3.30. The molecule has 5 heteroatoms. The number of aryl methyl sites for hydroxylation is 1. The molecule has 0 radical (unpaired) electrons. The predicted molar refractivity (Wildman–Crippen MR) is 101 cm³/mol. The molecule has 1 aliphatic heterocycles. The third-order valence-corrected chi connectivity index (χ3v) is 4.79. The number of nitrogens with one attached hydrogen (secondary N) is 1. The van der Waals surface area contributed by atoms with Crippen LogP contribution in [0.15, 0.2) is 54.9 Å². The number of benzene rings is 1. The summed E-state index contributed by atoms with van der Waals surface area (Å²) in [5.41, 5.74) is 1.94. The molecule has 2 heterocycles. The van der Waals surface area contributed by atoms with E-state index in [0.717, 1.165) is 25.7 Å². The van der Waals surface area contributed by atoms with Gasteiger partial charge in [0.25, 0.3) is 5.91 Å². The van der Waals surface area contributed by atoms with E-state index in [1.165, 1.54) is 5.56 Å². The molecule has 3 rings (SSSR count). The lowest BCUT2D eigenvalue weighted by Crippen LogP contribution is -2.46. The Morgan fingerprint density at radius 2 is 1.73 bits per heavy atom.